The number of nitrogen functional groups attached to an aromatic ring is 1. The standard InChI is InChI=1S/C15H24N2O3S/c1-3-12-6-7-13(16)10-14(12)21(19,20)17(2)11-15(18)8-4-5-9-15/h6-7,10,18H,3-5,8-9,11,16H2,1-2H3. The third-order valence-electron chi connectivity index (χ3n) is 4.21. The summed E-state index contributed by atoms with van der Waals surface area (Å²) in [5.41, 5.74) is 6.02. The van der Waals surface area contributed by atoms with Gasteiger partial charge in [-0.05, 0) is 37.0 Å². The van der Waals surface area contributed by atoms with Crippen molar-refractivity contribution in [2.24, 2.45) is 0 Å². The highest BCUT2D eigenvalue weighted by Gasteiger charge is 2.36. The molecule has 2 rings (SSSR count). The number of aliphatic hydroxyl groups is 1. The monoisotopic (exact) mass is 312 g/mol. The maximum atomic E-state index is 12.8. The maximum absolute atomic E-state index is 12.8. The van der Waals surface area contributed by atoms with Gasteiger partial charge in [-0.25, -0.2) is 8.42 Å². The second-order valence-electron chi connectivity index (χ2n) is 5.91. The van der Waals surface area contributed by atoms with Gasteiger partial charge in [-0.3, -0.25) is 0 Å². The van der Waals surface area contributed by atoms with Crippen molar-refractivity contribution in [2.45, 2.75) is 49.5 Å². The summed E-state index contributed by atoms with van der Waals surface area (Å²) in [5.74, 6) is 0. The van der Waals surface area contributed by atoms with E-state index >= 15 is 0 Å². The lowest BCUT2D eigenvalue weighted by atomic mass is 10.0. The van der Waals surface area contributed by atoms with Gasteiger partial charge in [0.05, 0.1) is 10.5 Å². The largest absolute Gasteiger partial charge is 0.399 e. The summed E-state index contributed by atoms with van der Waals surface area (Å²) in [6.45, 7) is 2.04. The molecule has 6 heteroatoms. The molecule has 0 aromatic heterocycles. The van der Waals surface area contributed by atoms with Crippen molar-refractivity contribution in [1.82, 2.24) is 4.31 Å². The lowest BCUT2D eigenvalue weighted by Crippen LogP contribution is -2.42. The Morgan fingerprint density at radius 1 is 1.33 bits per heavy atom. The summed E-state index contributed by atoms with van der Waals surface area (Å²) in [6, 6.07) is 4.96. The second kappa shape index (κ2) is 5.94. The van der Waals surface area contributed by atoms with Crippen LogP contribution >= 0.6 is 0 Å². The molecule has 0 spiro atoms. The van der Waals surface area contributed by atoms with Crippen LogP contribution in [0.5, 0.6) is 0 Å². The normalized spacial score (nSPS) is 18.3. The molecule has 0 amide bonds. The van der Waals surface area contributed by atoms with Gasteiger partial charge in [0.15, 0.2) is 0 Å². The summed E-state index contributed by atoms with van der Waals surface area (Å²) in [6.07, 6.45) is 3.83. The van der Waals surface area contributed by atoms with E-state index in [1.54, 1.807) is 12.1 Å². The molecule has 0 atom stereocenters. The number of hydrogen-bond donors (Lipinski definition) is 2. The van der Waals surface area contributed by atoms with Crippen LogP contribution < -0.4 is 5.73 Å². The Morgan fingerprint density at radius 2 is 1.95 bits per heavy atom. The Morgan fingerprint density at radius 3 is 2.52 bits per heavy atom. The fourth-order valence-corrected chi connectivity index (χ4v) is 4.54. The van der Waals surface area contributed by atoms with Crippen LogP contribution in [0.2, 0.25) is 0 Å². The number of hydrogen-bond acceptors (Lipinski definition) is 4. The van der Waals surface area contributed by atoms with Crippen molar-refractivity contribution in [2.75, 3.05) is 19.3 Å². The van der Waals surface area contributed by atoms with Crippen LogP contribution in [0.15, 0.2) is 23.1 Å². The minimum atomic E-state index is -3.64. The predicted molar refractivity (Wildman–Crippen MR) is 83.5 cm³/mol. The molecule has 118 valence electrons. The van der Waals surface area contributed by atoms with E-state index < -0.39 is 15.6 Å². The van der Waals surface area contributed by atoms with Crippen LogP contribution in [0, 0.1) is 0 Å². The molecule has 3 N–H and O–H groups in total. The van der Waals surface area contributed by atoms with E-state index in [4.69, 9.17) is 5.73 Å². The van der Waals surface area contributed by atoms with Gasteiger partial charge in [-0.2, -0.15) is 4.31 Å². The van der Waals surface area contributed by atoms with Crippen molar-refractivity contribution in [3.63, 3.8) is 0 Å². The lowest BCUT2D eigenvalue weighted by Gasteiger charge is -2.28. The van der Waals surface area contributed by atoms with Crippen molar-refractivity contribution < 1.29 is 13.5 Å². The minimum Gasteiger partial charge on any atom is -0.399 e. The van der Waals surface area contributed by atoms with Gasteiger partial charge < -0.3 is 10.8 Å². The molecule has 1 aliphatic rings. The zero-order valence-electron chi connectivity index (χ0n) is 12.7. The number of aryl methyl sites for hydroxylation is 1. The van der Waals surface area contributed by atoms with Crippen molar-refractivity contribution in [3.8, 4) is 0 Å². The van der Waals surface area contributed by atoms with E-state index in [0.29, 0.717) is 24.9 Å². The Hall–Kier alpha value is -1.11. The topological polar surface area (TPSA) is 83.6 Å². The van der Waals surface area contributed by atoms with Crippen LogP contribution in [-0.2, 0) is 16.4 Å². The summed E-state index contributed by atoms with van der Waals surface area (Å²) in [4.78, 5) is 0.245. The molecular formula is C15H24N2O3S. The van der Waals surface area contributed by atoms with E-state index in [9.17, 15) is 13.5 Å². The van der Waals surface area contributed by atoms with Crippen LogP contribution in [0.3, 0.4) is 0 Å². The van der Waals surface area contributed by atoms with Gasteiger partial charge in [0.25, 0.3) is 0 Å². The van der Waals surface area contributed by atoms with Gasteiger partial charge in [0, 0.05) is 19.3 Å². The summed E-state index contributed by atoms with van der Waals surface area (Å²) in [7, 11) is -2.11. The molecule has 1 saturated carbocycles. The van der Waals surface area contributed by atoms with Gasteiger partial charge >= 0.3 is 0 Å². The number of anilines is 1. The van der Waals surface area contributed by atoms with Crippen molar-refractivity contribution in [1.29, 1.82) is 0 Å². The molecule has 1 aliphatic carbocycles. The number of sulfonamides is 1. The Labute approximate surface area is 126 Å². The Balaban J connectivity index is 2.31. The zero-order valence-corrected chi connectivity index (χ0v) is 13.5. The number of rotatable bonds is 5. The van der Waals surface area contributed by atoms with Gasteiger partial charge in [-0.15, -0.1) is 0 Å². The number of benzene rings is 1. The maximum Gasteiger partial charge on any atom is 0.243 e. The predicted octanol–water partition coefficient (Wildman–Crippen LogP) is 1.76. The molecule has 0 heterocycles. The highest BCUT2D eigenvalue weighted by molar-refractivity contribution is 7.89. The van der Waals surface area contributed by atoms with Crippen molar-refractivity contribution >= 4 is 15.7 Å². The SMILES string of the molecule is CCc1ccc(N)cc1S(=O)(=O)N(C)CC1(O)CCCC1. The number of likely N-dealkylation sites (N-methyl/N-ethyl adjacent to an activating group) is 1. The molecule has 0 saturated heterocycles. The molecule has 1 fully saturated rings. The third kappa shape index (κ3) is 3.39. The molecule has 5 nitrogen and oxygen atoms in total. The fourth-order valence-electron chi connectivity index (χ4n) is 2.96. The summed E-state index contributed by atoms with van der Waals surface area (Å²) in [5, 5.41) is 10.4. The highest BCUT2D eigenvalue weighted by Crippen LogP contribution is 2.32. The number of nitrogens with two attached hydrogens (primary N) is 1. The van der Waals surface area contributed by atoms with E-state index in [1.165, 1.54) is 17.4 Å². The van der Waals surface area contributed by atoms with Gasteiger partial charge in [0.2, 0.25) is 10.0 Å². The van der Waals surface area contributed by atoms with E-state index in [0.717, 1.165) is 18.4 Å². The molecular weight excluding hydrogens is 288 g/mol. The summed E-state index contributed by atoms with van der Waals surface area (Å²) < 4.78 is 26.8. The highest BCUT2D eigenvalue weighted by atomic mass is 32.2. The van der Waals surface area contributed by atoms with Gasteiger partial charge in [-0.1, -0.05) is 25.8 Å². The van der Waals surface area contributed by atoms with Gasteiger partial charge in [0.1, 0.15) is 0 Å². The first-order valence-electron chi connectivity index (χ1n) is 7.36. The van der Waals surface area contributed by atoms with Crippen molar-refractivity contribution in [3.05, 3.63) is 23.8 Å². The Bertz CT molecular complexity index is 607. The number of nitrogens with zero attached hydrogens (tertiary/aromatic N) is 1. The van der Waals surface area contributed by atoms with E-state index in [-0.39, 0.29) is 11.4 Å². The van der Waals surface area contributed by atoms with E-state index in [2.05, 4.69) is 0 Å². The molecule has 21 heavy (non-hydrogen) atoms. The quantitative estimate of drug-likeness (QED) is 0.811. The molecule has 0 unspecified atom stereocenters. The molecule has 1 aromatic carbocycles. The minimum absolute atomic E-state index is 0.132. The lowest BCUT2D eigenvalue weighted by molar-refractivity contribution is 0.0333. The van der Waals surface area contributed by atoms with Crippen LogP contribution in [0.4, 0.5) is 5.69 Å². The second-order valence-corrected chi connectivity index (χ2v) is 7.93. The fraction of sp³-hybridized carbons (Fsp3) is 0.600. The first-order valence-corrected chi connectivity index (χ1v) is 8.80. The average Bonchev–Trinajstić information content (AvgIpc) is 2.85. The smallest absolute Gasteiger partial charge is 0.243 e. The molecule has 0 bridgehead atoms. The molecule has 0 aliphatic heterocycles. The molecule has 0 radical (unpaired) electrons. The first-order chi connectivity index (χ1) is 9.78. The third-order valence-corrected chi connectivity index (χ3v) is 6.10. The van der Waals surface area contributed by atoms with E-state index in [1.807, 2.05) is 6.92 Å². The first kappa shape index (κ1) is 16.3. The summed E-state index contributed by atoms with van der Waals surface area (Å²) >= 11 is 0. The van der Waals surface area contributed by atoms with Crippen LogP contribution in [-0.4, -0.2) is 37.0 Å². The molecule has 1 aromatic rings. The zero-order chi connectivity index (χ0) is 15.7. The van der Waals surface area contributed by atoms with Crippen LogP contribution in [0.1, 0.15) is 38.2 Å². The van der Waals surface area contributed by atoms with Crippen LogP contribution in [0.25, 0.3) is 0 Å². The average molecular weight is 312 g/mol. The Kier molecular flexibility index (Phi) is 4.60.